The number of rotatable bonds is 6. The van der Waals surface area contributed by atoms with Crippen molar-refractivity contribution in [2.75, 3.05) is 0 Å². The SMILES string of the molecule is CC(CC(c1cccc(Cl)c1)[C@H](O)c1ccc(Cl)cc1)C(=O)O. The Morgan fingerprint density at radius 3 is 2.26 bits per heavy atom. The van der Waals surface area contributed by atoms with Crippen LogP contribution in [0, 0.1) is 5.92 Å². The van der Waals surface area contributed by atoms with Crippen LogP contribution in [0.1, 0.15) is 36.5 Å². The molecule has 0 bridgehead atoms. The molecule has 0 amide bonds. The van der Waals surface area contributed by atoms with Crippen molar-refractivity contribution in [1.29, 1.82) is 0 Å². The summed E-state index contributed by atoms with van der Waals surface area (Å²) in [5.41, 5.74) is 1.50. The topological polar surface area (TPSA) is 57.5 Å². The maximum Gasteiger partial charge on any atom is 0.306 e. The van der Waals surface area contributed by atoms with E-state index in [-0.39, 0.29) is 5.92 Å². The maximum absolute atomic E-state index is 11.2. The van der Waals surface area contributed by atoms with Crippen LogP contribution in [0.15, 0.2) is 48.5 Å². The fraction of sp³-hybridized carbons (Fsp3) is 0.278. The molecule has 3 nitrogen and oxygen atoms in total. The summed E-state index contributed by atoms with van der Waals surface area (Å²) in [6, 6.07) is 14.1. The fourth-order valence-electron chi connectivity index (χ4n) is 2.56. The molecule has 3 atom stereocenters. The molecule has 0 aromatic heterocycles. The summed E-state index contributed by atoms with van der Waals surface area (Å²) in [5, 5.41) is 21.1. The lowest BCUT2D eigenvalue weighted by molar-refractivity contribution is -0.141. The lowest BCUT2D eigenvalue weighted by Crippen LogP contribution is -2.19. The van der Waals surface area contributed by atoms with E-state index in [4.69, 9.17) is 23.2 Å². The first-order valence-electron chi connectivity index (χ1n) is 7.30. The van der Waals surface area contributed by atoms with Crippen LogP contribution in [0.2, 0.25) is 10.0 Å². The summed E-state index contributed by atoms with van der Waals surface area (Å²) in [5.74, 6) is -1.85. The Labute approximate surface area is 145 Å². The van der Waals surface area contributed by atoms with E-state index in [9.17, 15) is 15.0 Å². The molecular weight excluding hydrogens is 335 g/mol. The largest absolute Gasteiger partial charge is 0.481 e. The Hall–Kier alpha value is -1.55. The minimum absolute atomic E-state index is 0.305. The highest BCUT2D eigenvalue weighted by Gasteiger charge is 2.27. The molecule has 2 N–H and O–H groups in total. The summed E-state index contributed by atoms with van der Waals surface area (Å²) < 4.78 is 0. The quantitative estimate of drug-likeness (QED) is 0.775. The third kappa shape index (κ3) is 4.71. The first-order chi connectivity index (χ1) is 10.9. The monoisotopic (exact) mass is 352 g/mol. The second-order valence-corrected chi connectivity index (χ2v) is 6.51. The van der Waals surface area contributed by atoms with Gasteiger partial charge >= 0.3 is 5.97 Å². The van der Waals surface area contributed by atoms with Crippen molar-refractivity contribution >= 4 is 29.2 Å². The van der Waals surface area contributed by atoms with Gasteiger partial charge in [-0.3, -0.25) is 4.79 Å². The Balaban J connectivity index is 2.35. The molecule has 2 aromatic carbocycles. The lowest BCUT2D eigenvalue weighted by atomic mass is 9.83. The molecular formula is C18H18Cl2O3. The van der Waals surface area contributed by atoms with Gasteiger partial charge in [-0.1, -0.05) is 54.4 Å². The molecule has 0 aliphatic heterocycles. The zero-order valence-electron chi connectivity index (χ0n) is 12.6. The van der Waals surface area contributed by atoms with Gasteiger partial charge in [0.05, 0.1) is 12.0 Å². The number of aliphatic carboxylic acids is 1. The molecule has 0 saturated carbocycles. The number of aliphatic hydroxyl groups is 1. The summed E-state index contributed by atoms with van der Waals surface area (Å²) in [6.07, 6.45) is -0.535. The number of carbonyl (C=O) groups is 1. The Bertz CT molecular complexity index is 670. The maximum atomic E-state index is 11.2. The normalized spacial score (nSPS) is 15.0. The van der Waals surface area contributed by atoms with Crippen LogP contribution in [-0.4, -0.2) is 16.2 Å². The smallest absolute Gasteiger partial charge is 0.306 e. The average Bonchev–Trinajstić information content (AvgIpc) is 2.52. The van der Waals surface area contributed by atoms with Crippen LogP contribution >= 0.6 is 23.2 Å². The van der Waals surface area contributed by atoms with Gasteiger partial charge in [0.25, 0.3) is 0 Å². The average molecular weight is 353 g/mol. The summed E-state index contributed by atoms with van der Waals surface area (Å²) in [6.45, 7) is 1.63. The summed E-state index contributed by atoms with van der Waals surface area (Å²) >= 11 is 11.9. The van der Waals surface area contributed by atoms with Crippen molar-refractivity contribution in [3.05, 3.63) is 69.7 Å². The van der Waals surface area contributed by atoms with Crippen molar-refractivity contribution in [3.63, 3.8) is 0 Å². The van der Waals surface area contributed by atoms with Crippen LogP contribution in [-0.2, 0) is 4.79 Å². The highest BCUT2D eigenvalue weighted by atomic mass is 35.5. The van der Waals surface area contributed by atoms with Gasteiger partial charge in [-0.05, 0) is 41.8 Å². The number of carboxylic acid groups (broad SMARTS) is 1. The molecule has 0 spiro atoms. The number of aliphatic hydroxyl groups excluding tert-OH is 1. The Morgan fingerprint density at radius 1 is 1.04 bits per heavy atom. The van der Waals surface area contributed by atoms with Crippen LogP contribution in [0.3, 0.4) is 0 Å². The van der Waals surface area contributed by atoms with Crippen molar-refractivity contribution in [2.24, 2.45) is 5.92 Å². The zero-order valence-corrected chi connectivity index (χ0v) is 14.1. The number of hydrogen-bond donors (Lipinski definition) is 2. The van der Waals surface area contributed by atoms with Gasteiger partial charge in [0.1, 0.15) is 0 Å². The van der Waals surface area contributed by atoms with Gasteiger partial charge in [-0.25, -0.2) is 0 Å². The molecule has 0 heterocycles. The van der Waals surface area contributed by atoms with Gasteiger partial charge in [0.2, 0.25) is 0 Å². The molecule has 0 fully saturated rings. The number of halogens is 2. The second-order valence-electron chi connectivity index (χ2n) is 5.63. The van der Waals surface area contributed by atoms with E-state index in [1.807, 2.05) is 6.07 Å². The van der Waals surface area contributed by atoms with Crippen molar-refractivity contribution in [2.45, 2.75) is 25.4 Å². The lowest BCUT2D eigenvalue weighted by Gasteiger charge is -2.25. The second kappa shape index (κ2) is 7.82. The van der Waals surface area contributed by atoms with Crippen LogP contribution in [0.4, 0.5) is 0 Å². The van der Waals surface area contributed by atoms with Crippen molar-refractivity contribution in [1.82, 2.24) is 0 Å². The molecule has 122 valence electrons. The van der Waals surface area contributed by atoms with E-state index >= 15 is 0 Å². The van der Waals surface area contributed by atoms with Crippen LogP contribution < -0.4 is 0 Å². The molecule has 2 rings (SSSR count). The van der Waals surface area contributed by atoms with Gasteiger partial charge in [0.15, 0.2) is 0 Å². The molecule has 2 aromatic rings. The Morgan fingerprint density at radius 2 is 1.70 bits per heavy atom. The number of benzene rings is 2. The first kappa shape index (κ1) is 17.8. The molecule has 0 aliphatic rings. The highest BCUT2D eigenvalue weighted by Crippen LogP contribution is 2.37. The third-order valence-corrected chi connectivity index (χ3v) is 4.39. The predicted molar refractivity (Wildman–Crippen MR) is 92.0 cm³/mol. The van der Waals surface area contributed by atoms with Gasteiger partial charge in [-0.2, -0.15) is 0 Å². The predicted octanol–water partition coefficient (Wildman–Crippen LogP) is 4.92. The van der Waals surface area contributed by atoms with E-state index in [2.05, 4.69) is 0 Å². The zero-order chi connectivity index (χ0) is 17.0. The van der Waals surface area contributed by atoms with Gasteiger partial charge in [-0.15, -0.1) is 0 Å². The van der Waals surface area contributed by atoms with Crippen molar-refractivity contribution in [3.8, 4) is 0 Å². The van der Waals surface area contributed by atoms with E-state index in [1.54, 1.807) is 49.4 Å². The molecule has 0 aliphatic carbocycles. The first-order valence-corrected chi connectivity index (χ1v) is 8.06. The van der Waals surface area contributed by atoms with E-state index < -0.39 is 18.0 Å². The van der Waals surface area contributed by atoms with Crippen molar-refractivity contribution < 1.29 is 15.0 Å². The van der Waals surface area contributed by atoms with E-state index in [0.29, 0.717) is 22.0 Å². The minimum atomic E-state index is -0.889. The third-order valence-electron chi connectivity index (χ3n) is 3.90. The fourth-order valence-corrected chi connectivity index (χ4v) is 2.88. The molecule has 2 unspecified atom stereocenters. The molecule has 0 saturated heterocycles. The highest BCUT2D eigenvalue weighted by molar-refractivity contribution is 6.30. The standard InChI is InChI=1S/C18H18Cl2O3/c1-11(18(22)23)9-16(13-3-2-4-15(20)10-13)17(21)12-5-7-14(19)8-6-12/h2-8,10-11,16-17,21H,9H2,1H3,(H,22,23)/t11?,16?,17-/m1/s1. The molecule has 0 radical (unpaired) electrons. The number of hydrogen-bond acceptors (Lipinski definition) is 2. The summed E-state index contributed by atoms with van der Waals surface area (Å²) in [7, 11) is 0. The molecule has 23 heavy (non-hydrogen) atoms. The van der Waals surface area contributed by atoms with E-state index in [1.165, 1.54) is 0 Å². The van der Waals surface area contributed by atoms with E-state index in [0.717, 1.165) is 5.56 Å². The van der Waals surface area contributed by atoms with Crippen LogP contribution in [0.25, 0.3) is 0 Å². The molecule has 5 heteroatoms. The summed E-state index contributed by atoms with van der Waals surface area (Å²) in [4.78, 5) is 11.2. The minimum Gasteiger partial charge on any atom is -0.481 e. The number of carboxylic acids is 1. The van der Waals surface area contributed by atoms with Gasteiger partial charge < -0.3 is 10.2 Å². The Kier molecular flexibility index (Phi) is 6.05. The van der Waals surface area contributed by atoms with Gasteiger partial charge in [0, 0.05) is 16.0 Å². The van der Waals surface area contributed by atoms with Crippen LogP contribution in [0.5, 0.6) is 0 Å².